The highest BCUT2D eigenvalue weighted by atomic mass is 16.5. The van der Waals surface area contributed by atoms with Crippen molar-refractivity contribution in [1.82, 2.24) is 15.1 Å². The van der Waals surface area contributed by atoms with E-state index >= 15 is 0 Å². The first-order chi connectivity index (χ1) is 9.29. The third kappa shape index (κ3) is 1.88. The number of nitrogens with zero attached hydrogens (tertiary/aromatic N) is 3. The van der Waals surface area contributed by atoms with E-state index in [1.807, 2.05) is 6.07 Å². The molecule has 19 heavy (non-hydrogen) atoms. The summed E-state index contributed by atoms with van der Waals surface area (Å²) in [6, 6.07) is 1.81. The molecule has 0 amide bonds. The minimum atomic E-state index is -0.120. The van der Waals surface area contributed by atoms with Gasteiger partial charge in [0.15, 0.2) is 0 Å². The predicted molar refractivity (Wildman–Crippen MR) is 66.9 cm³/mol. The molecular weight excluding hydrogens is 246 g/mol. The Bertz CT molecular complexity index is 573. The summed E-state index contributed by atoms with van der Waals surface area (Å²) in [5.41, 5.74) is 0.657. The summed E-state index contributed by atoms with van der Waals surface area (Å²) in [7, 11) is 1.59. The van der Waals surface area contributed by atoms with Crippen molar-refractivity contribution >= 4 is 0 Å². The molecule has 1 aliphatic heterocycles. The van der Waals surface area contributed by atoms with Crippen molar-refractivity contribution in [2.75, 3.05) is 20.3 Å². The molecule has 3 rings (SSSR count). The fourth-order valence-corrected chi connectivity index (χ4v) is 2.10. The van der Waals surface area contributed by atoms with Crippen molar-refractivity contribution < 1.29 is 14.0 Å². The zero-order valence-electron chi connectivity index (χ0n) is 10.9. The predicted octanol–water partition coefficient (Wildman–Crippen LogP) is 1.82. The van der Waals surface area contributed by atoms with Crippen molar-refractivity contribution in [3.05, 3.63) is 24.4 Å². The maximum atomic E-state index is 5.40. The van der Waals surface area contributed by atoms with Gasteiger partial charge >= 0.3 is 0 Å². The summed E-state index contributed by atoms with van der Waals surface area (Å²) in [6.07, 6.45) is 4.23. The van der Waals surface area contributed by atoms with Gasteiger partial charge in [-0.2, -0.15) is 4.98 Å². The second kappa shape index (κ2) is 4.62. The quantitative estimate of drug-likeness (QED) is 0.836. The molecule has 2 aromatic rings. The van der Waals surface area contributed by atoms with E-state index in [4.69, 9.17) is 14.0 Å². The number of ether oxygens (including phenoxy) is 2. The van der Waals surface area contributed by atoms with Crippen LogP contribution in [0.1, 0.15) is 19.2 Å². The lowest BCUT2D eigenvalue weighted by atomic mass is 9.83. The Morgan fingerprint density at radius 2 is 2.26 bits per heavy atom. The normalized spacial score (nSPS) is 16.9. The van der Waals surface area contributed by atoms with Crippen molar-refractivity contribution in [2.45, 2.75) is 18.8 Å². The lowest BCUT2D eigenvalue weighted by Gasteiger charge is -2.36. The summed E-state index contributed by atoms with van der Waals surface area (Å²) in [4.78, 5) is 8.50. The van der Waals surface area contributed by atoms with Crippen LogP contribution in [0.4, 0.5) is 0 Å². The minimum absolute atomic E-state index is 0.120. The Labute approximate surface area is 110 Å². The van der Waals surface area contributed by atoms with E-state index < -0.39 is 0 Å². The van der Waals surface area contributed by atoms with Gasteiger partial charge in [0.1, 0.15) is 5.75 Å². The van der Waals surface area contributed by atoms with Crippen LogP contribution in [0.5, 0.6) is 5.75 Å². The smallest absolute Gasteiger partial charge is 0.237 e. The highest BCUT2D eigenvalue weighted by Gasteiger charge is 2.44. The van der Waals surface area contributed by atoms with Gasteiger partial charge in [-0.1, -0.05) is 12.1 Å². The van der Waals surface area contributed by atoms with Gasteiger partial charge in [0.25, 0.3) is 0 Å². The Kier molecular flexibility index (Phi) is 2.94. The maximum absolute atomic E-state index is 5.40. The van der Waals surface area contributed by atoms with Gasteiger partial charge in [-0.25, -0.2) is 0 Å². The molecule has 3 heterocycles. The van der Waals surface area contributed by atoms with Gasteiger partial charge in [-0.3, -0.25) is 4.98 Å². The molecule has 0 saturated carbocycles. The lowest BCUT2D eigenvalue weighted by molar-refractivity contribution is -0.0765. The second-order valence-corrected chi connectivity index (χ2v) is 4.63. The average Bonchev–Trinajstić information content (AvgIpc) is 2.88. The molecule has 0 aliphatic carbocycles. The molecule has 1 aliphatic rings. The van der Waals surface area contributed by atoms with Crippen LogP contribution >= 0.6 is 0 Å². The Hall–Kier alpha value is -1.95. The Morgan fingerprint density at radius 1 is 1.42 bits per heavy atom. The summed E-state index contributed by atoms with van der Waals surface area (Å²) in [6.45, 7) is 3.37. The molecule has 0 atom stereocenters. The van der Waals surface area contributed by atoms with Crippen molar-refractivity contribution in [3.63, 3.8) is 0 Å². The van der Waals surface area contributed by atoms with Crippen LogP contribution < -0.4 is 4.74 Å². The van der Waals surface area contributed by atoms with E-state index in [0.29, 0.717) is 30.7 Å². The fraction of sp³-hybridized carbons (Fsp3) is 0.462. The number of hydrogen-bond donors (Lipinski definition) is 0. The third-order valence-electron chi connectivity index (χ3n) is 3.56. The van der Waals surface area contributed by atoms with E-state index in [9.17, 15) is 0 Å². The lowest BCUT2D eigenvalue weighted by Crippen LogP contribution is -2.46. The standard InChI is InChI=1S/C13H15N3O3/c1-3-13(7-18-8-13)12-15-11(16-19-12)9-4-5-14-6-10(9)17-2/h4-6H,3,7-8H2,1-2H3. The van der Waals surface area contributed by atoms with Crippen LogP contribution in [0.15, 0.2) is 23.0 Å². The summed E-state index contributed by atoms with van der Waals surface area (Å²) in [5.74, 6) is 1.79. The molecule has 0 spiro atoms. The zero-order valence-corrected chi connectivity index (χ0v) is 10.9. The minimum Gasteiger partial charge on any atom is -0.494 e. The topological polar surface area (TPSA) is 70.3 Å². The largest absolute Gasteiger partial charge is 0.494 e. The monoisotopic (exact) mass is 261 g/mol. The first-order valence-corrected chi connectivity index (χ1v) is 6.19. The van der Waals surface area contributed by atoms with Crippen LogP contribution in [0.25, 0.3) is 11.4 Å². The number of hydrogen-bond acceptors (Lipinski definition) is 6. The average molecular weight is 261 g/mol. The van der Waals surface area contributed by atoms with Crippen molar-refractivity contribution in [3.8, 4) is 17.1 Å². The van der Waals surface area contributed by atoms with E-state index in [2.05, 4.69) is 22.0 Å². The van der Waals surface area contributed by atoms with E-state index in [-0.39, 0.29) is 5.41 Å². The summed E-state index contributed by atoms with van der Waals surface area (Å²) in [5, 5.41) is 4.04. The molecule has 100 valence electrons. The number of rotatable bonds is 4. The molecule has 0 N–H and O–H groups in total. The van der Waals surface area contributed by atoms with Crippen molar-refractivity contribution in [1.29, 1.82) is 0 Å². The zero-order chi connectivity index (χ0) is 13.3. The highest BCUT2D eigenvalue weighted by molar-refractivity contribution is 5.62. The van der Waals surface area contributed by atoms with E-state index in [1.165, 1.54) is 0 Å². The third-order valence-corrected chi connectivity index (χ3v) is 3.56. The number of pyridine rings is 1. The molecule has 6 nitrogen and oxygen atoms in total. The van der Waals surface area contributed by atoms with E-state index in [1.54, 1.807) is 19.5 Å². The molecule has 1 saturated heterocycles. The van der Waals surface area contributed by atoms with Crippen LogP contribution in [0.2, 0.25) is 0 Å². The maximum Gasteiger partial charge on any atom is 0.237 e. The van der Waals surface area contributed by atoms with Crippen LogP contribution in [0.3, 0.4) is 0 Å². The van der Waals surface area contributed by atoms with Crippen molar-refractivity contribution in [2.24, 2.45) is 0 Å². The molecule has 6 heteroatoms. The first kappa shape index (κ1) is 12.1. The van der Waals surface area contributed by atoms with Gasteiger partial charge in [0, 0.05) is 6.20 Å². The molecule has 2 aromatic heterocycles. The molecular formula is C13H15N3O3. The molecule has 0 unspecified atom stereocenters. The van der Waals surface area contributed by atoms with Gasteiger partial charge in [-0.05, 0) is 12.5 Å². The Balaban J connectivity index is 1.97. The highest BCUT2D eigenvalue weighted by Crippen LogP contribution is 2.36. The first-order valence-electron chi connectivity index (χ1n) is 6.19. The van der Waals surface area contributed by atoms with Gasteiger partial charge in [0.2, 0.25) is 11.7 Å². The fourth-order valence-electron chi connectivity index (χ4n) is 2.10. The van der Waals surface area contributed by atoms with Crippen LogP contribution in [-0.4, -0.2) is 35.4 Å². The summed E-state index contributed by atoms with van der Waals surface area (Å²) < 4.78 is 15.9. The van der Waals surface area contributed by atoms with E-state index in [0.717, 1.165) is 12.0 Å². The van der Waals surface area contributed by atoms with Crippen LogP contribution in [0, 0.1) is 0 Å². The van der Waals surface area contributed by atoms with Gasteiger partial charge in [-0.15, -0.1) is 0 Å². The van der Waals surface area contributed by atoms with Crippen LogP contribution in [-0.2, 0) is 10.2 Å². The van der Waals surface area contributed by atoms with Gasteiger partial charge in [0.05, 0.1) is 37.5 Å². The number of methoxy groups -OCH3 is 1. The second-order valence-electron chi connectivity index (χ2n) is 4.63. The molecule has 1 fully saturated rings. The molecule has 0 bridgehead atoms. The summed E-state index contributed by atoms with van der Waals surface area (Å²) >= 11 is 0. The molecule has 0 radical (unpaired) electrons. The SMILES string of the molecule is CCC1(c2nc(-c3ccncc3OC)no2)COC1. The Morgan fingerprint density at radius 3 is 2.89 bits per heavy atom. The van der Waals surface area contributed by atoms with Gasteiger partial charge < -0.3 is 14.0 Å². The number of aromatic nitrogens is 3. The molecule has 0 aromatic carbocycles.